The van der Waals surface area contributed by atoms with Crippen LogP contribution >= 0.6 is 11.6 Å². The molecule has 0 aromatic rings. The van der Waals surface area contributed by atoms with E-state index < -0.39 is 0 Å². The summed E-state index contributed by atoms with van der Waals surface area (Å²) in [6.45, 7) is 6.27. The predicted octanol–water partition coefficient (Wildman–Crippen LogP) is 3.91. The van der Waals surface area contributed by atoms with Crippen LogP contribution in [-0.4, -0.2) is 30.4 Å². The Morgan fingerprint density at radius 1 is 1.00 bits per heavy atom. The molecule has 0 spiro atoms. The van der Waals surface area contributed by atoms with Crippen molar-refractivity contribution in [3.63, 3.8) is 0 Å². The van der Waals surface area contributed by atoms with Crippen LogP contribution in [0.25, 0.3) is 0 Å². The van der Waals surface area contributed by atoms with Crippen molar-refractivity contribution in [2.45, 2.75) is 51.9 Å². The molecule has 0 radical (unpaired) electrons. The van der Waals surface area contributed by atoms with E-state index >= 15 is 0 Å². The predicted molar refractivity (Wildman–Crippen MR) is 68.6 cm³/mol. The molecular weight excluding hydrogens is 206 g/mol. The summed E-state index contributed by atoms with van der Waals surface area (Å²) in [5.74, 6) is 1.62. The molecule has 1 nitrogen and oxygen atoms in total. The summed E-state index contributed by atoms with van der Waals surface area (Å²) in [6.07, 6.45) is 9.65. The smallest absolute Gasteiger partial charge is 0.0225 e. The first-order valence-electron chi connectivity index (χ1n) is 6.61. The van der Waals surface area contributed by atoms with Crippen molar-refractivity contribution in [1.29, 1.82) is 0 Å². The lowest BCUT2D eigenvalue weighted by Crippen LogP contribution is -2.29. The summed E-state index contributed by atoms with van der Waals surface area (Å²) in [4.78, 5) is 2.66. The molecule has 1 aliphatic heterocycles. The molecule has 0 saturated carbocycles. The molecule has 0 N–H and O–H groups in total. The molecule has 1 rings (SSSR count). The zero-order chi connectivity index (χ0) is 10.9. The maximum atomic E-state index is 5.75. The second-order valence-electron chi connectivity index (χ2n) is 4.98. The summed E-state index contributed by atoms with van der Waals surface area (Å²) in [5, 5.41) is 0. The molecule has 1 unspecified atom stereocenters. The number of hydrogen-bond donors (Lipinski definition) is 0. The molecule has 1 fully saturated rings. The third-order valence-electron chi connectivity index (χ3n) is 3.49. The fourth-order valence-electron chi connectivity index (χ4n) is 2.27. The van der Waals surface area contributed by atoms with E-state index in [0.29, 0.717) is 0 Å². The van der Waals surface area contributed by atoms with Crippen LogP contribution in [0, 0.1) is 5.92 Å². The van der Waals surface area contributed by atoms with Gasteiger partial charge >= 0.3 is 0 Å². The fourth-order valence-corrected chi connectivity index (χ4v) is 2.64. The molecule has 0 aliphatic carbocycles. The van der Waals surface area contributed by atoms with Gasteiger partial charge in [-0.25, -0.2) is 0 Å². The van der Waals surface area contributed by atoms with Crippen molar-refractivity contribution < 1.29 is 0 Å². The van der Waals surface area contributed by atoms with E-state index in [1.165, 1.54) is 64.6 Å². The second kappa shape index (κ2) is 8.41. The Balaban J connectivity index is 2.11. The van der Waals surface area contributed by atoms with Crippen molar-refractivity contribution in [1.82, 2.24) is 4.90 Å². The average molecular weight is 232 g/mol. The minimum Gasteiger partial charge on any atom is -0.303 e. The molecule has 1 heterocycles. The summed E-state index contributed by atoms with van der Waals surface area (Å²) in [7, 11) is 0. The van der Waals surface area contributed by atoms with E-state index in [-0.39, 0.29) is 0 Å². The van der Waals surface area contributed by atoms with Gasteiger partial charge in [-0.05, 0) is 51.2 Å². The van der Waals surface area contributed by atoms with Gasteiger partial charge in [0.1, 0.15) is 0 Å². The zero-order valence-corrected chi connectivity index (χ0v) is 10.9. The third kappa shape index (κ3) is 6.42. The Hall–Kier alpha value is 0.250. The molecule has 90 valence electrons. The van der Waals surface area contributed by atoms with E-state index in [9.17, 15) is 0 Å². The first-order chi connectivity index (χ1) is 7.33. The van der Waals surface area contributed by atoms with Gasteiger partial charge in [0.25, 0.3) is 0 Å². The standard InChI is InChI=1S/C13H26ClN/c1-13(7-9-14)8-12-15-10-5-3-2-4-6-11-15/h13H,2-12H2,1H3. The SMILES string of the molecule is CC(CCCl)CCN1CCCCCCC1. The van der Waals surface area contributed by atoms with Crippen molar-refractivity contribution in [3.8, 4) is 0 Å². The zero-order valence-electron chi connectivity index (χ0n) is 10.2. The Labute approximate surface area is 100 Å². The molecule has 1 saturated heterocycles. The highest BCUT2D eigenvalue weighted by Crippen LogP contribution is 2.13. The molecule has 15 heavy (non-hydrogen) atoms. The maximum absolute atomic E-state index is 5.75. The number of nitrogens with zero attached hydrogens (tertiary/aromatic N) is 1. The lowest BCUT2D eigenvalue weighted by atomic mass is 10.0. The molecule has 0 amide bonds. The van der Waals surface area contributed by atoms with Crippen LogP contribution in [-0.2, 0) is 0 Å². The number of alkyl halides is 1. The topological polar surface area (TPSA) is 3.24 Å². The first-order valence-corrected chi connectivity index (χ1v) is 7.14. The van der Waals surface area contributed by atoms with E-state index in [1.807, 2.05) is 0 Å². The van der Waals surface area contributed by atoms with Crippen molar-refractivity contribution in [2.24, 2.45) is 5.92 Å². The van der Waals surface area contributed by atoms with Gasteiger partial charge in [-0.2, -0.15) is 0 Å². The highest BCUT2D eigenvalue weighted by atomic mass is 35.5. The average Bonchev–Trinajstić information content (AvgIpc) is 2.16. The quantitative estimate of drug-likeness (QED) is 0.649. The summed E-state index contributed by atoms with van der Waals surface area (Å²) in [6, 6.07) is 0. The monoisotopic (exact) mass is 231 g/mol. The number of hydrogen-bond acceptors (Lipinski definition) is 1. The minimum absolute atomic E-state index is 0.799. The molecule has 1 atom stereocenters. The van der Waals surface area contributed by atoms with Gasteiger partial charge in [0.05, 0.1) is 0 Å². The molecular formula is C13H26ClN. The van der Waals surface area contributed by atoms with Gasteiger partial charge in [-0.15, -0.1) is 11.6 Å². The molecule has 1 aliphatic rings. The van der Waals surface area contributed by atoms with Crippen molar-refractivity contribution >= 4 is 11.6 Å². The van der Waals surface area contributed by atoms with Crippen LogP contribution in [0.3, 0.4) is 0 Å². The van der Waals surface area contributed by atoms with Crippen LogP contribution < -0.4 is 0 Å². The fraction of sp³-hybridized carbons (Fsp3) is 1.00. The van der Waals surface area contributed by atoms with Crippen LogP contribution in [0.15, 0.2) is 0 Å². The van der Waals surface area contributed by atoms with Crippen LogP contribution in [0.4, 0.5) is 0 Å². The highest BCUT2D eigenvalue weighted by molar-refractivity contribution is 6.17. The minimum atomic E-state index is 0.799. The van der Waals surface area contributed by atoms with Gasteiger partial charge < -0.3 is 4.90 Å². The van der Waals surface area contributed by atoms with Gasteiger partial charge in [-0.3, -0.25) is 0 Å². The third-order valence-corrected chi connectivity index (χ3v) is 3.71. The number of rotatable bonds is 5. The maximum Gasteiger partial charge on any atom is 0.0225 e. The molecule has 0 aromatic carbocycles. The van der Waals surface area contributed by atoms with E-state index in [2.05, 4.69) is 11.8 Å². The van der Waals surface area contributed by atoms with Gasteiger partial charge in [-0.1, -0.05) is 26.2 Å². The summed E-state index contributed by atoms with van der Waals surface area (Å²) >= 11 is 5.75. The van der Waals surface area contributed by atoms with Crippen molar-refractivity contribution in [3.05, 3.63) is 0 Å². The van der Waals surface area contributed by atoms with Gasteiger partial charge in [0.2, 0.25) is 0 Å². The Bertz CT molecular complexity index is 141. The highest BCUT2D eigenvalue weighted by Gasteiger charge is 2.09. The van der Waals surface area contributed by atoms with Gasteiger partial charge in [0.15, 0.2) is 0 Å². The largest absolute Gasteiger partial charge is 0.303 e. The molecule has 0 aromatic heterocycles. The van der Waals surface area contributed by atoms with E-state index in [0.717, 1.165) is 11.8 Å². The number of halogens is 1. The summed E-state index contributed by atoms with van der Waals surface area (Å²) < 4.78 is 0. The first kappa shape index (κ1) is 13.3. The molecule has 2 heteroatoms. The van der Waals surface area contributed by atoms with E-state index in [4.69, 9.17) is 11.6 Å². The molecule has 0 bridgehead atoms. The normalized spacial score (nSPS) is 22.0. The second-order valence-corrected chi connectivity index (χ2v) is 5.36. The van der Waals surface area contributed by atoms with Crippen LogP contribution in [0.1, 0.15) is 51.9 Å². The van der Waals surface area contributed by atoms with Crippen LogP contribution in [0.5, 0.6) is 0 Å². The van der Waals surface area contributed by atoms with E-state index in [1.54, 1.807) is 0 Å². The lowest BCUT2D eigenvalue weighted by Gasteiger charge is -2.25. The Morgan fingerprint density at radius 3 is 2.20 bits per heavy atom. The Morgan fingerprint density at radius 2 is 1.60 bits per heavy atom. The van der Waals surface area contributed by atoms with Crippen LogP contribution in [0.2, 0.25) is 0 Å². The lowest BCUT2D eigenvalue weighted by molar-refractivity contribution is 0.231. The Kier molecular flexibility index (Phi) is 7.46. The van der Waals surface area contributed by atoms with Gasteiger partial charge in [0, 0.05) is 5.88 Å². The summed E-state index contributed by atoms with van der Waals surface area (Å²) in [5.41, 5.74) is 0. The number of likely N-dealkylation sites (tertiary alicyclic amines) is 1. The van der Waals surface area contributed by atoms with Crippen molar-refractivity contribution in [2.75, 3.05) is 25.5 Å².